The summed E-state index contributed by atoms with van der Waals surface area (Å²) in [6.07, 6.45) is 2.71. The second kappa shape index (κ2) is 5.82. The van der Waals surface area contributed by atoms with Crippen LogP contribution in [-0.2, 0) is 26.1 Å². The molecule has 2 heterocycles. The van der Waals surface area contributed by atoms with E-state index in [4.69, 9.17) is 0 Å². The van der Waals surface area contributed by atoms with Gasteiger partial charge in [-0.3, -0.25) is 0 Å². The van der Waals surface area contributed by atoms with Crippen LogP contribution in [0.4, 0.5) is 0 Å². The van der Waals surface area contributed by atoms with E-state index in [1.807, 2.05) is 6.92 Å². The Bertz CT molecular complexity index is 655. The molecule has 0 radical (unpaired) electrons. The van der Waals surface area contributed by atoms with Crippen LogP contribution < -0.4 is 5.32 Å². The number of fused-ring (bicyclic) bond motifs is 2. The lowest BCUT2D eigenvalue weighted by molar-refractivity contribution is 0.185. The first-order valence-corrected chi connectivity index (χ1v) is 8.14. The first-order chi connectivity index (χ1) is 10.1. The van der Waals surface area contributed by atoms with Gasteiger partial charge in [-0.2, -0.15) is 0 Å². The third-order valence-corrected chi connectivity index (χ3v) is 4.67. The summed E-state index contributed by atoms with van der Waals surface area (Å²) in [7, 11) is 0. The zero-order chi connectivity index (χ0) is 15.0. The number of nitrogens with zero attached hydrogens (tertiary/aromatic N) is 1. The summed E-state index contributed by atoms with van der Waals surface area (Å²) in [4.78, 5) is 0. The number of aliphatic hydroxyl groups is 1. The van der Waals surface area contributed by atoms with Gasteiger partial charge in [0.2, 0.25) is 0 Å². The van der Waals surface area contributed by atoms with Gasteiger partial charge in [-0.25, -0.2) is 0 Å². The van der Waals surface area contributed by atoms with Crippen LogP contribution in [-0.4, -0.2) is 15.8 Å². The van der Waals surface area contributed by atoms with Crippen molar-refractivity contribution in [3.8, 4) is 0 Å². The molecule has 1 aromatic heterocycles. The lowest BCUT2D eigenvalue weighted by Crippen LogP contribution is -2.03. The summed E-state index contributed by atoms with van der Waals surface area (Å²) in [5.74, 6) is 0. The number of rotatable bonds is 5. The Morgan fingerprint density at radius 3 is 2.67 bits per heavy atom. The number of aryl methyl sites for hydroxylation is 2. The molecule has 0 fully saturated rings. The molecule has 3 heteroatoms. The number of hydrogen-bond donors (Lipinski definition) is 2. The van der Waals surface area contributed by atoms with Gasteiger partial charge in [-0.05, 0) is 61.9 Å². The number of aromatic nitrogens is 1. The maximum atomic E-state index is 9.62. The Balaban J connectivity index is 2.13. The Labute approximate surface area is 127 Å². The topological polar surface area (TPSA) is 37.2 Å². The number of hydrogen-bond acceptors (Lipinski definition) is 2. The van der Waals surface area contributed by atoms with E-state index in [0.29, 0.717) is 0 Å². The minimum absolute atomic E-state index is 0.231. The van der Waals surface area contributed by atoms with Gasteiger partial charge in [0.15, 0.2) is 0 Å². The lowest BCUT2D eigenvalue weighted by atomic mass is 10.0. The van der Waals surface area contributed by atoms with Crippen LogP contribution in [0.5, 0.6) is 0 Å². The van der Waals surface area contributed by atoms with Crippen LogP contribution in [0.3, 0.4) is 0 Å². The molecule has 1 unspecified atom stereocenters. The van der Waals surface area contributed by atoms with E-state index < -0.39 is 0 Å². The average Bonchev–Trinajstić information content (AvgIpc) is 2.99. The zero-order valence-corrected chi connectivity index (χ0v) is 13.4. The summed E-state index contributed by atoms with van der Waals surface area (Å²) >= 11 is 0. The van der Waals surface area contributed by atoms with E-state index in [9.17, 15) is 5.11 Å². The minimum atomic E-state index is -0.231. The summed E-state index contributed by atoms with van der Waals surface area (Å²) in [5, 5.41) is 14.5. The van der Waals surface area contributed by atoms with Crippen LogP contribution in [0, 0.1) is 6.92 Å². The highest BCUT2D eigenvalue weighted by Crippen LogP contribution is 2.31. The average molecular weight is 286 g/mol. The molecule has 0 saturated heterocycles. The predicted octanol–water partition coefficient (Wildman–Crippen LogP) is 3.28. The second-order valence-corrected chi connectivity index (χ2v) is 6.34. The highest BCUT2D eigenvalue weighted by atomic mass is 16.3. The largest absolute Gasteiger partial charge is 0.393 e. The van der Waals surface area contributed by atoms with Crippen molar-refractivity contribution in [1.82, 2.24) is 9.88 Å². The molecule has 1 aliphatic rings. The molecule has 2 N–H and O–H groups in total. The van der Waals surface area contributed by atoms with E-state index in [-0.39, 0.29) is 6.10 Å². The van der Waals surface area contributed by atoms with Crippen molar-refractivity contribution in [3.63, 3.8) is 0 Å². The van der Waals surface area contributed by atoms with Gasteiger partial charge < -0.3 is 15.0 Å². The number of nitrogens with one attached hydrogen (secondary N) is 1. The molecule has 2 aromatic rings. The van der Waals surface area contributed by atoms with E-state index in [0.717, 1.165) is 38.9 Å². The second-order valence-electron chi connectivity index (χ2n) is 6.34. The third kappa shape index (κ3) is 2.60. The van der Waals surface area contributed by atoms with Crippen LogP contribution >= 0.6 is 0 Å². The van der Waals surface area contributed by atoms with Gasteiger partial charge in [0, 0.05) is 36.2 Å². The van der Waals surface area contributed by atoms with Crippen molar-refractivity contribution >= 4 is 10.9 Å². The quantitative estimate of drug-likeness (QED) is 0.885. The third-order valence-electron chi connectivity index (χ3n) is 4.67. The van der Waals surface area contributed by atoms with Crippen molar-refractivity contribution < 1.29 is 5.11 Å². The molecule has 114 valence electrons. The molecule has 1 aromatic carbocycles. The maximum Gasteiger partial charge on any atom is 0.0515 e. The van der Waals surface area contributed by atoms with E-state index in [1.165, 1.54) is 33.3 Å². The van der Waals surface area contributed by atoms with Gasteiger partial charge in [-0.1, -0.05) is 6.92 Å². The van der Waals surface area contributed by atoms with Gasteiger partial charge in [0.05, 0.1) is 6.10 Å². The molecule has 1 atom stereocenters. The minimum Gasteiger partial charge on any atom is -0.393 e. The van der Waals surface area contributed by atoms with Gasteiger partial charge in [0.1, 0.15) is 0 Å². The molecule has 0 bridgehead atoms. The summed E-state index contributed by atoms with van der Waals surface area (Å²) in [5.41, 5.74) is 7.06. The summed E-state index contributed by atoms with van der Waals surface area (Å²) in [6.45, 7) is 9.39. The predicted molar refractivity (Wildman–Crippen MR) is 87.5 cm³/mol. The number of benzene rings is 1. The molecular formula is C18H26N2O. The molecule has 3 nitrogen and oxygen atoms in total. The van der Waals surface area contributed by atoms with Gasteiger partial charge in [-0.15, -0.1) is 0 Å². The molecule has 21 heavy (non-hydrogen) atoms. The van der Waals surface area contributed by atoms with Crippen LogP contribution in [0.1, 0.15) is 49.1 Å². The van der Waals surface area contributed by atoms with Crippen molar-refractivity contribution in [3.05, 3.63) is 34.5 Å². The number of aliphatic hydroxyl groups excluding tert-OH is 1. The van der Waals surface area contributed by atoms with Crippen LogP contribution in [0.15, 0.2) is 12.1 Å². The van der Waals surface area contributed by atoms with Crippen LogP contribution in [0.25, 0.3) is 10.9 Å². The zero-order valence-electron chi connectivity index (χ0n) is 13.4. The standard InChI is InChI=1S/C18H26N2O/c1-4-7-20-13(3)16(6-5-12(2)21)17-8-14-10-19-11-15(14)9-18(17)20/h8-9,12,19,21H,4-7,10-11H2,1-3H3. The monoisotopic (exact) mass is 286 g/mol. The Morgan fingerprint density at radius 2 is 2.00 bits per heavy atom. The van der Waals surface area contributed by atoms with Crippen LogP contribution in [0.2, 0.25) is 0 Å². The van der Waals surface area contributed by atoms with E-state index in [1.54, 1.807) is 0 Å². The fraction of sp³-hybridized carbons (Fsp3) is 0.556. The summed E-state index contributed by atoms with van der Waals surface area (Å²) in [6, 6.07) is 4.75. The Kier molecular flexibility index (Phi) is 4.05. The molecular weight excluding hydrogens is 260 g/mol. The molecule has 0 saturated carbocycles. The van der Waals surface area contributed by atoms with E-state index in [2.05, 4.69) is 35.9 Å². The fourth-order valence-electron chi connectivity index (χ4n) is 3.52. The molecule has 0 amide bonds. The SMILES string of the molecule is CCCn1c(C)c(CCC(C)O)c2cc3c(cc21)CNC3. The molecule has 0 spiro atoms. The molecule has 3 rings (SSSR count). The van der Waals surface area contributed by atoms with Crippen molar-refractivity contribution in [2.45, 2.75) is 65.8 Å². The van der Waals surface area contributed by atoms with Gasteiger partial charge >= 0.3 is 0 Å². The highest BCUT2D eigenvalue weighted by Gasteiger charge is 2.18. The Morgan fingerprint density at radius 1 is 1.29 bits per heavy atom. The molecule has 1 aliphatic heterocycles. The van der Waals surface area contributed by atoms with Crippen molar-refractivity contribution in [1.29, 1.82) is 0 Å². The van der Waals surface area contributed by atoms with E-state index >= 15 is 0 Å². The first-order valence-electron chi connectivity index (χ1n) is 8.14. The first kappa shape index (κ1) is 14.6. The summed E-state index contributed by atoms with van der Waals surface area (Å²) < 4.78 is 2.46. The maximum absolute atomic E-state index is 9.62. The lowest BCUT2D eigenvalue weighted by Gasteiger charge is -2.08. The fourth-order valence-corrected chi connectivity index (χ4v) is 3.52. The highest BCUT2D eigenvalue weighted by molar-refractivity contribution is 5.87. The normalized spacial score (nSPS) is 15.6. The van der Waals surface area contributed by atoms with Crippen molar-refractivity contribution in [2.24, 2.45) is 0 Å². The van der Waals surface area contributed by atoms with Crippen molar-refractivity contribution in [2.75, 3.05) is 0 Å². The Hall–Kier alpha value is -1.32. The van der Waals surface area contributed by atoms with Gasteiger partial charge in [0.25, 0.3) is 0 Å². The smallest absolute Gasteiger partial charge is 0.0515 e. The molecule has 0 aliphatic carbocycles.